The first kappa shape index (κ1) is 21.0. The number of rotatable bonds is 10. The molecular formula is C18H28N4O4Si-. The molecule has 2 atom stereocenters. The summed E-state index contributed by atoms with van der Waals surface area (Å²) in [6, 6.07) is 13.7. The van der Waals surface area contributed by atoms with Gasteiger partial charge in [-0.25, -0.2) is 0 Å². The van der Waals surface area contributed by atoms with E-state index < -0.39 is 9.05 Å². The lowest BCUT2D eigenvalue weighted by atomic mass is 10.3. The minimum Gasteiger partial charge on any atom is -0.622 e. The number of nitrogens with two attached hydrogens (primary N) is 4. The van der Waals surface area contributed by atoms with Crippen LogP contribution in [0.5, 0.6) is 11.5 Å². The van der Waals surface area contributed by atoms with Gasteiger partial charge in [-0.15, -0.1) is 0 Å². The van der Waals surface area contributed by atoms with Gasteiger partial charge in [0.2, 0.25) is 0 Å². The molecule has 0 aliphatic heterocycles. The molecule has 0 radical (unpaired) electrons. The Bertz CT molecular complexity index is 638. The largest absolute Gasteiger partial charge is 0.622 e. The van der Waals surface area contributed by atoms with Gasteiger partial charge in [0.15, 0.2) is 0 Å². The van der Waals surface area contributed by atoms with Crippen LogP contribution in [0, 0.1) is 0 Å². The van der Waals surface area contributed by atoms with Crippen molar-refractivity contribution in [1.82, 2.24) is 0 Å². The van der Waals surface area contributed by atoms with E-state index in [-0.39, 0.29) is 25.3 Å². The van der Waals surface area contributed by atoms with Crippen LogP contribution in [0.3, 0.4) is 0 Å². The summed E-state index contributed by atoms with van der Waals surface area (Å²) in [5.41, 5.74) is 24.2. The van der Waals surface area contributed by atoms with Gasteiger partial charge in [0.1, 0.15) is 0 Å². The van der Waals surface area contributed by atoms with Gasteiger partial charge in [0.25, 0.3) is 0 Å². The maximum absolute atomic E-state index is 6.11. The molecule has 2 unspecified atom stereocenters. The average Bonchev–Trinajstić information content (AvgIpc) is 2.65. The third-order valence-electron chi connectivity index (χ3n) is 3.60. The predicted molar refractivity (Wildman–Crippen MR) is 108 cm³/mol. The smallest absolute Gasteiger partial charge is 0.588 e. The maximum Gasteiger partial charge on any atom is 0.588 e. The number of benzene rings is 2. The van der Waals surface area contributed by atoms with Crippen molar-refractivity contribution in [2.24, 2.45) is 11.5 Å². The van der Waals surface area contributed by atoms with Crippen molar-refractivity contribution in [2.75, 3.05) is 24.6 Å². The van der Waals surface area contributed by atoms with E-state index in [1.165, 1.54) is 0 Å². The van der Waals surface area contributed by atoms with Crippen LogP contribution in [0.1, 0.15) is 13.8 Å². The normalized spacial score (nSPS) is 13.8. The Hall–Kier alpha value is -2.30. The van der Waals surface area contributed by atoms with E-state index >= 15 is 0 Å². The molecule has 9 heteroatoms. The standard InChI is InChI=1S/C18H28N4O4Si/c1-13(11-19)23-27(24-14(2)12-20,25-17-7-3-15(21)4-8-17)26-18-9-5-16(22)6-10-18/h3-10,13-14H,11-12,19-22H2,1-2H3/q-1. The van der Waals surface area contributed by atoms with E-state index in [1.54, 1.807) is 48.5 Å². The van der Waals surface area contributed by atoms with Crippen molar-refractivity contribution in [2.45, 2.75) is 26.1 Å². The highest BCUT2D eigenvalue weighted by molar-refractivity contribution is 6.55. The lowest BCUT2D eigenvalue weighted by Crippen LogP contribution is -2.59. The molecule has 2 aromatic carbocycles. The van der Waals surface area contributed by atoms with E-state index in [4.69, 9.17) is 40.6 Å². The minimum absolute atomic E-state index is 0.269. The second-order valence-corrected chi connectivity index (χ2v) is 8.05. The van der Waals surface area contributed by atoms with Crippen molar-refractivity contribution in [3.05, 3.63) is 48.5 Å². The lowest BCUT2D eigenvalue weighted by Gasteiger charge is -2.45. The second-order valence-electron chi connectivity index (χ2n) is 6.17. The Morgan fingerprint density at radius 2 is 1.04 bits per heavy atom. The van der Waals surface area contributed by atoms with Crippen LogP contribution >= 0.6 is 0 Å². The summed E-state index contributed by atoms with van der Waals surface area (Å²) >= 11 is 0. The van der Waals surface area contributed by atoms with E-state index in [0.717, 1.165) is 0 Å². The van der Waals surface area contributed by atoms with E-state index in [0.29, 0.717) is 22.9 Å². The maximum atomic E-state index is 6.11. The Morgan fingerprint density at radius 3 is 1.33 bits per heavy atom. The summed E-state index contributed by atoms with van der Waals surface area (Å²) in [6.45, 7) is 4.17. The molecule has 2 rings (SSSR count). The number of hydrogen-bond acceptors (Lipinski definition) is 8. The highest BCUT2D eigenvalue weighted by atomic mass is 28.4. The summed E-state index contributed by atoms with van der Waals surface area (Å²) in [7, 11) is -3.72. The third kappa shape index (κ3) is 6.42. The van der Waals surface area contributed by atoms with E-state index in [2.05, 4.69) is 0 Å². The summed E-state index contributed by atoms with van der Waals surface area (Å²) in [5.74, 6) is 1.000. The Morgan fingerprint density at radius 1 is 0.704 bits per heavy atom. The second kappa shape index (κ2) is 9.58. The Labute approximate surface area is 160 Å². The predicted octanol–water partition coefficient (Wildman–Crippen LogP) is 1.47. The third-order valence-corrected chi connectivity index (χ3v) is 5.95. The van der Waals surface area contributed by atoms with Crippen molar-refractivity contribution in [3.63, 3.8) is 0 Å². The lowest BCUT2D eigenvalue weighted by molar-refractivity contribution is -0.00403. The fourth-order valence-electron chi connectivity index (χ4n) is 2.09. The van der Waals surface area contributed by atoms with Crippen LogP contribution in [0.4, 0.5) is 11.4 Å². The fraction of sp³-hybridized carbons (Fsp3) is 0.333. The zero-order chi connectivity index (χ0) is 19.9. The van der Waals surface area contributed by atoms with E-state index in [1.807, 2.05) is 13.8 Å². The van der Waals surface area contributed by atoms with E-state index in [9.17, 15) is 0 Å². The van der Waals surface area contributed by atoms with Crippen LogP contribution in [-0.2, 0) is 8.85 Å². The van der Waals surface area contributed by atoms with Gasteiger partial charge in [-0.05, 0) is 62.4 Å². The van der Waals surface area contributed by atoms with Crippen molar-refractivity contribution < 1.29 is 17.7 Å². The first-order valence-corrected chi connectivity index (χ1v) is 10.3. The summed E-state index contributed by atoms with van der Waals surface area (Å²) in [5, 5.41) is 0. The molecule has 0 aliphatic carbocycles. The van der Waals surface area contributed by atoms with Crippen LogP contribution in [0.2, 0.25) is 0 Å². The topological polar surface area (TPSA) is 141 Å². The molecule has 0 bridgehead atoms. The molecule has 0 aromatic heterocycles. The molecule has 0 aliphatic rings. The zero-order valence-corrected chi connectivity index (χ0v) is 16.6. The number of hydrogen-bond donors (Lipinski definition) is 4. The molecule has 2 aromatic rings. The first-order chi connectivity index (χ1) is 12.9. The first-order valence-electron chi connectivity index (χ1n) is 8.70. The molecule has 0 heterocycles. The molecule has 149 valence electrons. The average molecular weight is 393 g/mol. The van der Waals surface area contributed by atoms with Gasteiger partial charge in [0, 0.05) is 36.7 Å². The fourth-order valence-corrected chi connectivity index (χ4v) is 4.41. The van der Waals surface area contributed by atoms with Crippen LogP contribution in [0.25, 0.3) is 0 Å². The van der Waals surface area contributed by atoms with Gasteiger partial charge in [-0.2, -0.15) is 0 Å². The van der Waals surface area contributed by atoms with Gasteiger partial charge in [-0.3, -0.25) is 0 Å². The Balaban J connectivity index is 2.38. The van der Waals surface area contributed by atoms with Gasteiger partial charge < -0.3 is 40.6 Å². The van der Waals surface area contributed by atoms with Crippen LogP contribution in [0.15, 0.2) is 48.5 Å². The molecule has 0 saturated heterocycles. The molecule has 0 fully saturated rings. The van der Waals surface area contributed by atoms with Gasteiger partial charge in [-0.1, -0.05) is 0 Å². The van der Waals surface area contributed by atoms with Crippen molar-refractivity contribution in [3.8, 4) is 11.5 Å². The number of anilines is 2. The molecule has 27 heavy (non-hydrogen) atoms. The molecule has 0 spiro atoms. The SMILES string of the molecule is CC(CN)O[Si-](Oc1ccc(N)cc1)(Oc1ccc(N)cc1)OC(C)CN. The molecule has 8 N–H and O–H groups in total. The quantitative estimate of drug-likeness (QED) is 0.352. The molecular weight excluding hydrogens is 364 g/mol. The van der Waals surface area contributed by atoms with Crippen molar-refractivity contribution >= 4 is 20.4 Å². The van der Waals surface area contributed by atoms with Crippen molar-refractivity contribution in [1.29, 1.82) is 0 Å². The highest BCUT2D eigenvalue weighted by Gasteiger charge is 2.38. The summed E-state index contributed by atoms with van der Waals surface area (Å²) < 4.78 is 24.3. The molecule has 0 saturated carbocycles. The van der Waals surface area contributed by atoms with Gasteiger partial charge >= 0.3 is 9.05 Å². The summed E-state index contributed by atoms with van der Waals surface area (Å²) in [4.78, 5) is 0. The zero-order valence-electron chi connectivity index (χ0n) is 15.6. The van der Waals surface area contributed by atoms with Crippen LogP contribution in [-0.4, -0.2) is 34.3 Å². The molecule has 0 amide bonds. The number of nitrogen functional groups attached to an aromatic ring is 2. The summed E-state index contributed by atoms with van der Waals surface area (Å²) in [6.07, 6.45) is -0.714. The molecule has 8 nitrogen and oxygen atoms in total. The minimum atomic E-state index is -3.72. The highest BCUT2D eigenvalue weighted by Crippen LogP contribution is 2.26. The monoisotopic (exact) mass is 392 g/mol. The Kier molecular flexibility index (Phi) is 7.45. The van der Waals surface area contributed by atoms with Crippen LogP contribution < -0.4 is 31.8 Å². The van der Waals surface area contributed by atoms with Gasteiger partial charge in [0.05, 0.1) is 11.5 Å².